The van der Waals surface area contributed by atoms with Crippen LogP contribution in [0.15, 0.2) is 30.9 Å². The van der Waals surface area contributed by atoms with E-state index in [1.54, 1.807) is 23.1 Å². The number of aliphatic hydroxyl groups is 1. The average molecular weight is 424 g/mol. The molecule has 0 bridgehead atoms. The fourth-order valence-electron chi connectivity index (χ4n) is 2.79. The fourth-order valence-corrected chi connectivity index (χ4v) is 3.37. The largest absolute Gasteiger partial charge is 0.394 e. The molecule has 2 heterocycles. The van der Waals surface area contributed by atoms with Gasteiger partial charge in [-0.3, -0.25) is 4.55 Å². The molecule has 1 fully saturated rings. The fraction of sp³-hybridized carbons (Fsp3) is 0.467. The molecule has 2 atom stereocenters. The maximum absolute atomic E-state index is 9.37. The van der Waals surface area contributed by atoms with Crippen LogP contribution in [0.1, 0.15) is 18.4 Å². The van der Waals surface area contributed by atoms with Gasteiger partial charge in [0.1, 0.15) is 18.3 Å². The molecular formula is C15H19Cl2N3O5S. The van der Waals surface area contributed by atoms with Crippen LogP contribution in [0.4, 0.5) is 0 Å². The Morgan fingerprint density at radius 1 is 1.42 bits per heavy atom. The molecule has 0 radical (unpaired) electrons. The van der Waals surface area contributed by atoms with Crippen molar-refractivity contribution >= 4 is 33.3 Å². The minimum Gasteiger partial charge on any atom is -0.394 e. The number of benzene rings is 1. The molecule has 1 aromatic heterocycles. The van der Waals surface area contributed by atoms with Crippen LogP contribution in [0.3, 0.4) is 0 Å². The highest BCUT2D eigenvalue weighted by atomic mass is 35.5. The maximum Gasteiger partial charge on any atom is 0.261 e. The standard InChI is InChI=1S/C14H15Cl2N3O2.CH4O3S/c15-10-1-2-12(13(16)5-10)14(4-3-11(6-20)21-14)7-19-9-17-8-18-19;1-5(2,3)4/h1-2,5,8-9,11,20H,3-4,6-7H2;1H3,(H,2,3,4). The van der Waals surface area contributed by atoms with Gasteiger partial charge in [0.15, 0.2) is 0 Å². The number of hydrogen-bond donors (Lipinski definition) is 2. The van der Waals surface area contributed by atoms with Crippen LogP contribution < -0.4 is 0 Å². The number of rotatable bonds is 4. The maximum atomic E-state index is 9.37. The quantitative estimate of drug-likeness (QED) is 0.723. The number of aliphatic hydroxyl groups excluding tert-OH is 1. The first-order valence-electron chi connectivity index (χ1n) is 7.62. The van der Waals surface area contributed by atoms with E-state index in [0.29, 0.717) is 22.8 Å². The van der Waals surface area contributed by atoms with Crippen molar-refractivity contribution in [2.45, 2.75) is 31.1 Å². The summed E-state index contributed by atoms with van der Waals surface area (Å²) >= 11 is 12.3. The van der Waals surface area contributed by atoms with E-state index >= 15 is 0 Å². The van der Waals surface area contributed by atoms with E-state index < -0.39 is 15.7 Å². The molecule has 3 rings (SSSR count). The van der Waals surface area contributed by atoms with Gasteiger partial charge in [-0.15, -0.1) is 0 Å². The molecule has 8 nitrogen and oxygen atoms in total. The predicted molar refractivity (Wildman–Crippen MR) is 96.8 cm³/mol. The van der Waals surface area contributed by atoms with E-state index in [1.165, 1.54) is 6.33 Å². The predicted octanol–water partition coefficient (Wildman–Crippen LogP) is 2.16. The van der Waals surface area contributed by atoms with Gasteiger partial charge in [-0.2, -0.15) is 13.5 Å². The van der Waals surface area contributed by atoms with E-state index in [9.17, 15) is 13.5 Å². The number of aromatic nitrogens is 3. The smallest absolute Gasteiger partial charge is 0.261 e. The van der Waals surface area contributed by atoms with E-state index in [4.69, 9.17) is 32.5 Å². The molecule has 1 aliphatic rings. The van der Waals surface area contributed by atoms with Crippen molar-refractivity contribution in [3.05, 3.63) is 46.5 Å². The second-order valence-corrected chi connectivity index (χ2v) is 8.22. The molecule has 0 amide bonds. The Labute approximate surface area is 161 Å². The van der Waals surface area contributed by atoms with Crippen LogP contribution in [-0.2, 0) is 27.0 Å². The number of hydrogen-bond acceptors (Lipinski definition) is 6. The lowest BCUT2D eigenvalue weighted by molar-refractivity contribution is -0.0747. The second kappa shape index (κ2) is 8.64. The van der Waals surface area contributed by atoms with Gasteiger partial charge in [0, 0.05) is 15.6 Å². The van der Waals surface area contributed by atoms with Gasteiger partial charge in [0.05, 0.1) is 25.5 Å². The normalized spacial score (nSPS) is 22.7. The first-order chi connectivity index (χ1) is 12.1. The zero-order chi connectivity index (χ0) is 19.4. The summed E-state index contributed by atoms with van der Waals surface area (Å²) < 4.78 is 33.7. The van der Waals surface area contributed by atoms with Gasteiger partial charge in [0.2, 0.25) is 0 Å². The molecular weight excluding hydrogens is 405 g/mol. The summed E-state index contributed by atoms with van der Waals surface area (Å²) in [6, 6.07) is 5.38. The van der Waals surface area contributed by atoms with Gasteiger partial charge in [0.25, 0.3) is 10.1 Å². The number of nitrogens with zero attached hydrogens (tertiary/aromatic N) is 3. The summed E-state index contributed by atoms with van der Waals surface area (Å²) in [6.07, 6.45) is 5.16. The van der Waals surface area contributed by atoms with E-state index in [1.807, 2.05) is 6.07 Å². The first-order valence-corrected chi connectivity index (χ1v) is 10.2. The zero-order valence-electron chi connectivity index (χ0n) is 13.9. The lowest BCUT2D eigenvalue weighted by Gasteiger charge is -2.30. The van der Waals surface area contributed by atoms with Crippen molar-refractivity contribution in [1.29, 1.82) is 0 Å². The molecule has 1 aliphatic heterocycles. The molecule has 1 saturated heterocycles. The second-order valence-electron chi connectivity index (χ2n) is 5.91. The van der Waals surface area contributed by atoms with Gasteiger partial charge < -0.3 is 9.84 Å². The lowest BCUT2D eigenvalue weighted by atomic mass is 9.90. The molecule has 0 saturated carbocycles. The third-order valence-corrected chi connectivity index (χ3v) is 4.32. The summed E-state index contributed by atoms with van der Waals surface area (Å²) in [5, 5.41) is 14.6. The first kappa shape index (κ1) is 21.1. The van der Waals surface area contributed by atoms with Crippen molar-refractivity contribution in [3.8, 4) is 0 Å². The summed E-state index contributed by atoms with van der Waals surface area (Å²) in [4.78, 5) is 3.96. The van der Waals surface area contributed by atoms with Crippen molar-refractivity contribution < 1.29 is 22.8 Å². The number of halogens is 2. The molecule has 144 valence electrons. The third kappa shape index (κ3) is 5.90. The highest BCUT2D eigenvalue weighted by Crippen LogP contribution is 2.43. The molecule has 2 N–H and O–H groups in total. The molecule has 2 aromatic rings. The van der Waals surface area contributed by atoms with Crippen LogP contribution in [-0.4, -0.2) is 51.8 Å². The minimum absolute atomic E-state index is 0.00961. The van der Waals surface area contributed by atoms with Crippen LogP contribution in [0.5, 0.6) is 0 Å². The Hall–Kier alpha value is -1.23. The molecule has 0 spiro atoms. The molecule has 2 unspecified atom stereocenters. The summed E-state index contributed by atoms with van der Waals surface area (Å²) in [5.41, 5.74) is 0.239. The Bertz CT molecular complexity index is 824. The van der Waals surface area contributed by atoms with Crippen molar-refractivity contribution in [2.75, 3.05) is 12.9 Å². The molecule has 11 heteroatoms. The topological polar surface area (TPSA) is 115 Å². The highest BCUT2D eigenvalue weighted by Gasteiger charge is 2.43. The van der Waals surface area contributed by atoms with Gasteiger partial charge in [-0.1, -0.05) is 29.3 Å². The van der Waals surface area contributed by atoms with Gasteiger partial charge >= 0.3 is 0 Å². The Morgan fingerprint density at radius 3 is 2.62 bits per heavy atom. The van der Waals surface area contributed by atoms with Crippen molar-refractivity contribution in [2.24, 2.45) is 0 Å². The molecule has 0 aliphatic carbocycles. The molecule has 26 heavy (non-hydrogen) atoms. The lowest BCUT2D eigenvalue weighted by Crippen LogP contribution is -2.33. The Morgan fingerprint density at radius 2 is 2.12 bits per heavy atom. The van der Waals surface area contributed by atoms with Gasteiger partial charge in [-0.05, 0) is 25.0 Å². The number of ether oxygens (including phenoxy) is 1. The van der Waals surface area contributed by atoms with E-state index in [-0.39, 0.29) is 12.7 Å². The SMILES string of the molecule is CS(=O)(=O)O.OCC1CCC(Cn2cncn2)(c2ccc(Cl)cc2Cl)O1. The Kier molecular flexibility index (Phi) is 7.00. The van der Waals surface area contributed by atoms with Crippen molar-refractivity contribution in [3.63, 3.8) is 0 Å². The van der Waals surface area contributed by atoms with E-state index in [2.05, 4.69) is 10.1 Å². The van der Waals surface area contributed by atoms with E-state index in [0.717, 1.165) is 18.4 Å². The summed E-state index contributed by atoms with van der Waals surface area (Å²) in [7, 11) is -3.67. The van der Waals surface area contributed by atoms with Gasteiger partial charge in [-0.25, -0.2) is 9.67 Å². The minimum atomic E-state index is -3.67. The summed E-state index contributed by atoms with van der Waals surface area (Å²) in [5.74, 6) is 0. The van der Waals surface area contributed by atoms with Crippen molar-refractivity contribution in [1.82, 2.24) is 14.8 Å². The van der Waals surface area contributed by atoms with Crippen LogP contribution in [0, 0.1) is 0 Å². The summed E-state index contributed by atoms with van der Waals surface area (Å²) in [6.45, 7) is 0.481. The molecule has 1 aromatic carbocycles. The monoisotopic (exact) mass is 423 g/mol. The zero-order valence-corrected chi connectivity index (χ0v) is 16.2. The average Bonchev–Trinajstić information content (AvgIpc) is 3.16. The Balaban J connectivity index is 0.000000431. The van der Waals surface area contributed by atoms with Crippen LogP contribution in [0.2, 0.25) is 10.0 Å². The van der Waals surface area contributed by atoms with Crippen LogP contribution >= 0.6 is 23.2 Å². The third-order valence-electron chi connectivity index (χ3n) is 3.77. The highest BCUT2D eigenvalue weighted by molar-refractivity contribution is 7.85. The van der Waals surface area contributed by atoms with Crippen LogP contribution in [0.25, 0.3) is 0 Å².